The van der Waals surface area contributed by atoms with Crippen LogP contribution < -0.4 is 9.47 Å². The minimum Gasteiger partial charge on any atom is -0.461 e. The van der Waals surface area contributed by atoms with Crippen molar-refractivity contribution in [3.8, 4) is 11.5 Å². The number of hydrogen-bond donors (Lipinski definition) is 0. The molecular formula is C34H40Cl6O8. The van der Waals surface area contributed by atoms with Crippen LogP contribution in [0.2, 0.25) is 30.1 Å². The lowest BCUT2D eigenvalue weighted by Gasteiger charge is -2.31. The van der Waals surface area contributed by atoms with Gasteiger partial charge in [-0.3, -0.25) is 0 Å². The summed E-state index contributed by atoms with van der Waals surface area (Å²) in [7, 11) is 0. The van der Waals surface area contributed by atoms with Gasteiger partial charge < -0.3 is 18.9 Å². The van der Waals surface area contributed by atoms with E-state index in [2.05, 4.69) is 13.8 Å². The van der Waals surface area contributed by atoms with E-state index in [1.54, 1.807) is 0 Å². The summed E-state index contributed by atoms with van der Waals surface area (Å²) in [5, 5.41) is -1.56. The summed E-state index contributed by atoms with van der Waals surface area (Å²) >= 11 is 37.6. The second-order valence-electron chi connectivity index (χ2n) is 13.0. The lowest BCUT2D eigenvalue weighted by Crippen LogP contribution is -2.30. The van der Waals surface area contributed by atoms with E-state index in [4.69, 9.17) is 88.6 Å². The van der Waals surface area contributed by atoms with Gasteiger partial charge in [0.05, 0.1) is 43.3 Å². The van der Waals surface area contributed by atoms with Crippen molar-refractivity contribution < 1.29 is 38.1 Å². The average Bonchev–Trinajstić information content (AvgIpc) is 3.00. The number of carbonyl (C=O) groups is 4. The van der Waals surface area contributed by atoms with Crippen LogP contribution in [0.1, 0.15) is 102 Å². The summed E-state index contributed by atoms with van der Waals surface area (Å²) in [5.74, 6) is -6.09. The van der Waals surface area contributed by atoms with Gasteiger partial charge in [0, 0.05) is 10.8 Å². The fourth-order valence-corrected chi connectivity index (χ4v) is 6.01. The van der Waals surface area contributed by atoms with Gasteiger partial charge in [0.15, 0.2) is 11.5 Å². The van der Waals surface area contributed by atoms with Gasteiger partial charge >= 0.3 is 23.9 Å². The molecule has 2 rings (SSSR count). The Bertz CT molecular complexity index is 1420. The average molecular weight is 789 g/mol. The first-order valence-electron chi connectivity index (χ1n) is 15.3. The van der Waals surface area contributed by atoms with Gasteiger partial charge in [-0.05, 0) is 24.0 Å². The molecule has 0 aliphatic carbocycles. The van der Waals surface area contributed by atoms with Gasteiger partial charge in [-0.1, -0.05) is 151 Å². The number of halogens is 6. The molecule has 0 N–H and O–H groups in total. The Balaban J connectivity index is 2.39. The van der Waals surface area contributed by atoms with E-state index < -0.39 is 57.3 Å². The minimum atomic E-state index is -1.66. The molecule has 0 aromatic heterocycles. The van der Waals surface area contributed by atoms with Gasteiger partial charge in [0.1, 0.15) is 11.1 Å². The molecular weight excluding hydrogens is 749 g/mol. The lowest BCUT2D eigenvalue weighted by atomic mass is 9.78. The molecule has 2 aromatic carbocycles. The van der Waals surface area contributed by atoms with E-state index in [1.807, 2.05) is 41.5 Å². The van der Waals surface area contributed by atoms with E-state index in [-0.39, 0.29) is 55.2 Å². The Kier molecular flexibility index (Phi) is 15.7. The molecule has 0 aliphatic heterocycles. The van der Waals surface area contributed by atoms with Crippen molar-refractivity contribution in [3.63, 3.8) is 0 Å². The summed E-state index contributed by atoms with van der Waals surface area (Å²) in [6.07, 6.45) is 3.68. The quantitative estimate of drug-likeness (QED) is 0.0806. The highest BCUT2D eigenvalue weighted by molar-refractivity contribution is 6.47. The van der Waals surface area contributed by atoms with Crippen molar-refractivity contribution in [3.05, 3.63) is 53.4 Å². The van der Waals surface area contributed by atoms with Gasteiger partial charge in [-0.15, -0.1) is 0 Å². The second-order valence-corrected chi connectivity index (χ2v) is 15.4. The Labute approximate surface area is 311 Å². The molecule has 0 bridgehead atoms. The standard InChI is InChI=1S/C34H40Cl6O8/c1-9-11-17(3)33(5,6)15-45-29(41)23-25(39)19(35)13-21(37)27(23)47-31(43)32(44)48-28-22(38)14-20(36)26(40)24(28)30(42)46-16-34(7,8)18(4)12-10-2/h13-14,17-18H,9-12,15-16H2,1-8H3. The summed E-state index contributed by atoms with van der Waals surface area (Å²) in [4.78, 5) is 52.7. The molecule has 14 heteroatoms. The van der Waals surface area contributed by atoms with Gasteiger partial charge in [0.25, 0.3) is 0 Å². The molecule has 0 spiro atoms. The normalized spacial score (nSPS) is 13.0. The first-order chi connectivity index (χ1) is 22.2. The van der Waals surface area contributed by atoms with Crippen molar-refractivity contribution in [2.24, 2.45) is 22.7 Å². The molecule has 0 heterocycles. The maximum atomic E-state index is 13.3. The Morgan fingerprint density at radius 3 is 1.21 bits per heavy atom. The SMILES string of the molecule is CCCC(C)C(C)(C)COC(=O)c1c(Cl)c(Cl)cc(Cl)c1OC(=O)C(=O)Oc1c(Cl)cc(Cl)c(Cl)c1C(=O)OCC(C)(C)C(C)CCC. The van der Waals surface area contributed by atoms with E-state index in [1.165, 1.54) is 0 Å². The highest BCUT2D eigenvalue weighted by Crippen LogP contribution is 2.42. The topological polar surface area (TPSA) is 105 Å². The maximum absolute atomic E-state index is 13.3. The molecule has 0 amide bonds. The molecule has 48 heavy (non-hydrogen) atoms. The molecule has 0 aliphatic rings. The van der Waals surface area contributed by atoms with Crippen LogP contribution in [0.15, 0.2) is 12.1 Å². The monoisotopic (exact) mass is 786 g/mol. The molecule has 0 saturated carbocycles. The molecule has 266 valence electrons. The van der Waals surface area contributed by atoms with Crippen molar-refractivity contribution >= 4 is 93.5 Å². The van der Waals surface area contributed by atoms with E-state index in [0.717, 1.165) is 37.8 Å². The van der Waals surface area contributed by atoms with Crippen molar-refractivity contribution in [2.45, 2.75) is 81.1 Å². The van der Waals surface area contributed by atoms with Crippen LogP contribution in [0.25, 0.3) is 0 Å². The minimum absolute atomic E-state index is 0.00765. The molecule has 2 atom stereocenters. The van der Waals surface area contributed by atoms with Gasteiger partial charge in [-0.25, -0.2) is 19.2 Å². The summed E-state index contributed by atoms with van der Waals surface area (Å²) in [6, 6.07) is 2.24. The van der Waals surface area contributed by atoms with Crippen molar-refractivity contribution in [2.75, 3.05) is 13.2 Å². The number of ether oxygens (including phenoxy) is 4. The molecule has 0 saturated heterocycles. The van der Waals surface area contributed by atoms with Crippen molar-refractivity contribution in [1.29, 1.82) is 0 Å². The molecule has 0 fully saturated rings. The van der Waals surface area contributed by atoms with Crippen LogP contribution in [0.4, 0.5) is 0 Å². The molecule has 2 unspecified atom stereocenters. The Morgan fingerprint density at radius 2 is 0.917 bits per heavy atom. The Morgan fingerprint density at radius 1 is 0.604 bits per heavy atom. The zero-order valence-corrected chi connectivity index (χ0v) is 32.6. The van der Waals surface area contributed by atoms with Crippen LogP contribution >= 0.6 is 69.6 Å². The number of hydrogen-bond acceptors (Lipinski definition) is 8. The summed E-state index contributed by atoms with van der Waals surface area (Å²) < 4.78 is 21.5. The third kappa shape index (κ3) is 10.5. The summed E-state index contributed by atoms with van der Waals surface area (Å²) in [5.41, 5.74) is -1.79. The smallest absolute Gasteiger partial charge is 0.423 e. The van der Waals surface area contributed by atoms with Gasteiger partial charge in [-0.2, -0.15) is 0 Å². The van der Waals surface area contributed by atoms with E-state index in [0.29, 0.717) is 0 Å². The Hall–Kier alpha value is -1.94. The highest BCUT2D eigenvalue weighted by Gasteiger charge is 2.34. The largest absolute Gasteiger partial charge is 0.461 e. The van der Waals surface area contributed by atoms with E-state index in [9.17, 15) is 19.2 Å². The zero-order valence-electron chi connectivity index (χ0n) is 28.1. The number of esters is 4. The van der Waals surface area contributed by atoms with Crippen LogP contribution in [0.3, 0.4) is 0 Å². The molecule has 2 aromatic rings. The van der Waals surface area contributed by atoms with E-state index >= 15 is 0 Å². The predicted molar refractivity (Wildman–Crippen MR) is 190 cm³/mol. The van der Waals surface area contributed by atoms with Gasteiger partial charge in [0.2, 0.25) is 0 Å². The molecule has 8 nitrogen and oxygen atoms in total. The number of rotatable bonds is 14. The van der Waals surface area contributed by atoms with Crippen LogP contribution in [0.5, 0.6) is 11.5 Å². The van der Waals surface area contributed by atoms with Crippen LogP contribution in [-0.4, -0.2) is 37.1 Å². The molecule has 0 radical (unpaired) electrons. The third-order valence-corrected chi connectivity index (χ3v) is 10.6. The first-order valence-corrected chi connectivity index (χ1v) is 17.6. The first kappa shape index (κ1) is 42.2. The lowest BCUT2D eigenvalue weighted by molar-refractivity contribution is -0.156. The number of carbonyl (C=O) groups excluding carboxylic acids is 4. The predicted octanol–water partition coefficient (Wildman–Crippen LogP) is 11.4. The number of benzene rings is 2. The third-order valence-electron chi connectivity index (χ3n) is 8.48. The second kappa shape index (κ2) is 17.8. The van der Waals surface area contributed by atoms with Crippen molar-refractivity contribution in [1.82, 2.24) is 0 Å². The van der Waals surface area contributed by atoms with Crippen LogP contribution in [0, 0.1) is 22.7 Å². The fraction of sp³-hybridized carbons (Fsp3) is 0.529. The highest BCUT2D eigenvalue weighted by atomic mass is 35.5. The summed E-state index contributed by atoms with van der Waals surface area (Å²) in [6.45, 7) is 15.9. The fourth-order valence-electron chi connectivity index (χ4n) is 4.57. The maximum Gasteiger partial charge on any atom is 0.423 e. The zero-order chi connectivity index (χ0) is 36.7. The van der Waals surface area contributed by atoms with Crippen LogP contribution in [-0.2, 0) is 19.1 Å².